The van der Waals surface area contributed by atoms with Crippen LogP contribution in [0.2, 0.25) is 0 Å². The molecule has 2 unspecified atom stereocenters. The highest BCUT2D eigenvalue weighted by Gasteiger charge is 2.20. The zero-order chi connectivity index (χ0) is 13.9. The molecule has 0 amide bonds. The monoisotopic (exact) mass is 247 g/mol. The Labute approximate surface area is 113 Å². The number of nitrogens with one attached hydrogen (secondary N) is 1. The van der Waals surface area contributed by atoms with Crippen LogP contribution in [-0.2, 0) is 0 Å². The van der Waals surface area contributed by atoms with Crippen molar-refractivity contribution in [2.75, 3.05) is 6.54 Å². The summed E-state index contributed by atoms with van der Waals surface area (Å²) < 4.78 is 0. The molecular formula is C17H29N. The average molecular weight is 247 g/mol. The van der Waals surface area contributed by atoms with Gasteiger partial charge in [-0.05, 0) is 49.8 Å². The van der Waals surface area contributed by atoms with E-state index in [-0.39, 0.29) is 0 Å². The summed E-state index contributed by atoms with van der Waals surface area (Å²) in [5.74, 6) is 0.671. The van der Waals surface area contributed by atoms with E-state index in [1.165, 1.54) is 16.7 Å². The Balaban J connectivity index is 2.66. The smallest absolute Gasteiger partial charge is 0.0294 e. The third-order valence-corrected chi connectivity index (χ3v) is 4.11. The second-order valence-corrected chi connectivity index (χ2v) is 6.76. The van der Waals surface area contributed by atoms with Gasteiger partial charge in [-0.25, -0.2) is 0 Å². The van der Waals surface area contributed by atoms with Crippen molar-refractivity contribution >= 4 is 0 Å². The first-order valence-electron chi connectivity index (χ1n) is 7.02. The summed E-state index contributed by atoms with van der Waals surface area (Å²) in [5.41, 5.74) is 4.52. The van der Waals surface area contributed by atoms with Gasteiger partial charge in [0.2, 0.25) is 0 Å². The van der Waals surface area contributed by atoms with E-state index >= 15 is 0 Å². The highest BCUT2D eigenvalue weighted by atomic mass is 14.9. The maximum absolute atomic E-state index is 3.67. The predicted octanol–water partition coefficient (Wildman–Crippen LogP) is 4.64. The van der Waals surface area contributed by atoms with Crippen LogP contribution in [0.1, 0.15) is 57.4 Å². The largest absolute Gasteiger partial charge is 0.310 e. The van der Waals surface area contributed by atoms with Gasteiger partial charge in [0.25, 0.3) is 0 Å². The summed E-state index contributed by atoms with van der Waals surface area (Å²) in [6.45, 7) is 16.9. The highest BCUT2D eigenvalue weighted by molar-refractivity contribution is 5.32. The number of hydrogen-bond acceptors (Lipinski definition) is 1. The molecule has 1 aromatic rings. The van der Waals surface area contributed by atoms with E-state index in [1.807, 2.05) is 0 Å². The van der Waals surface area contributed by atoms with Crippen molar-refractivity contribution in [3.63, 3.8) is 0 Å². The molecule has 1 heteroatoms. The summed E-state index contributed by atoms with van der Waals surface area (Å²) in [6.07, 6.45) is 0. The van der Waals surface area contributed by atoms with Crippen LogP contribution in [0, 0.1) is 25.2 Å². The standard InChI is InChI=1S/C17H29N/c1-12-8-9-13(2)16(10-12)15(4)18-11-14(3)17(5,6)7/h8-10,14-15,18H,11H2,1-7H3. The van der Waals surface area contributed by atoms with Crippen LogP contribution in [-0.4, -0.2) is 6.54 Å². The lowest BCUT2D eigenvalue weighted by Gasteiger charge is -2.29. The number of hydrogen-bond donors (Lipinski definition) is 1. The lowest BCUT2D eigenvalue weighted by molar-refractivity contribution is 0.247. The molecule has 0 saturated heterocycles. The molecule has 102 valence electrons. The minimum atomic E-state index is 0.369. The van der Waals surface area contributed by atoms with Gasteiger partial charge in [-0.2, -0.15) is 0 Å². The van der Waals surface area contributed by atoms with E-state index in [4.69, 9.17) is 0 Å². The van der Waals surface area contributed by atoms with Crippen LogP contribution >= 0.6 is 0 Å². The van der Waals surface area contributed by atoms with Gasteiger partial charge in [-0.3, -0.25) is 0 Å². The quantitative estimate of drug-likeness (QED) is 0.817. The molecule has 18 heavy (non-hydrogen) atoms. The number of rotatable bonds is 4. The van der Waals surface area contributed by atoms with E-state index in [1.54, 1.807) is 0 Å². The Kier molecular flexibility index (Phi) is 4.98. The van der Waals surface area contributed by atoms with Crippen LogP contribution in [0.5, 0.6) is 0 Å². The van der Waals surface area contributed by atoms with E-state index in [0.29, 0.717) is 17.4 Å². The van der Waals surface area contributed by atoms with Crippen molar-refractivity contribution in [3.8, 4) is 0 Å². The Morgan fingerprint density at radius 2 is 1.72 bits per heavy atom. The normalized spacial score (nSPS) is 15.5. The van der Waals surface area contributed by atoms with Gasteiger partial charge in [0.1, 0.15) is 0 Å². The first-order chi connectivity index (χ1) is 8.21. The van der Waals surface area contributed by atoms with Gasteiger partial charge in [0, 0.05) is 6.04 Å². The molecule has 0 aliphatic heterocycles. The van der Waals surface area contributed by atoms with Crippen LogP contribution in [0.15, 0.2) is 18.2 Å². The third-order valence-electron chi connectivity index (χ3n) is 4.11. The molecule has 0 saturated carbocycles. The minimum Gasteiger partial charge on any atom is -0.310 e. The predicted molar refractivity (Wildman–Crippen MR) is 81.0 cm³/mol. The molecule has 1 rings (SSSR count). The lowest BCUT2D eigenvalue weighted by Crippen LogP contribution is -2.31. The maximum atomic E-state index is 3.67. The Morgan fingerprint density at radius 3 is 2.28 bits per heavy atom. The third kappa shape index (κ3) is 4.13. The molecule has 1 N–H and O–H groups in total. The van der Waals surface area contributed by atoms with Gasteiger partial charge in [0.05, 0.1) is 0 Å². The molecule has 0 aliphatic carbocycles. The Hall–Kier alpha value is -0.820. The van der Waals surface area contributed by atoms with Gasteiger partial charge < -0.3 is 5.32 Å². The number of aryl methyl sites for hydroxylation is 2. The number of benzene rings is 1. The Morgan fingerprint density at radius 1 is 1.11 bits per heavy atom. The van der Waals surface area contributed by atoms with Crippen molar-refractivity contribution in [1.29, 1.82) is 0 Å². The molecule has 0 fully saturated rings. The summed E-state index contributed by atoms with van der Waals surface area (Å²) in [4.78, 5) is 0. The molecule has 1 nitrogen and oxygen atoms in total. The zero-order valence-corrected chi connectivity index (χ0v) is 13.1. The van der Waals surface area contributed by atoms with Crippen molar-refractivity contribution in [2.24, 2.45) is 11.3 Å². The highest BCUT2D eigenvalue weighted by Crippen LogP contribution is 2.26. The minimum absolute atomic E-state index is 0.369. The van der Waals surface area contributed by atoms with Gasteiger partial charge >= 0.3 is 0 Å². The molecule has 0 bridgehead atoms. The summed E-state index contributed by atoms with van der Waals surface area (Å²) >= 11 is 0. The molecule has 1 aromatic carbocycles. The maximum Gasteiger partial charge on any atom is 0.0294 e. The fourth-order valence-corrected chi connectivity index (χ4v) is 2.00. The van der Waals surface area contributed by atoms with Crippen molar-refractivity contribution in [2.45, 2.75) is 54.5 Å². The first-order valence-corrected chi connectivity index (χ1v) is 7.02. The van der Waals surface area contributed by atoms with E-state index in [2.05, 4.69) is 72.0 Å². The summed E-state index contributed by atoms with van der Waals surface area (Å²) in [6, 6.07) is 7.13. The second-order valence-electron chi connectivity index (χ2n) is 6.76. The molecule has 0 aromatic heterocycles. The van der Waals surface area contributed by atoms with Crippen LogP contribution < -0.4 is 5.32 Å². The topological polar surface area (TPSA) is 12.0 Å². The van der Waals surface area contributed by atoms with Crippen molar-refractivity contribution in [3.05, 3.63) is 34.9 Å². The average Bonchev–Trinajstić information content (AvgIpc) is 2.27. The van der Waals surface area contributed by atoms with E-state index in [0.717, 1.165) is 6.54 Å². The molecular weight excluding hydrogens is 218 g/mol. The van der Waals surface area contributed by atoms with Crippen LogP contribution in [0.3, 0.4) is 0 Å². The fourth-order valence-electron chi connectivity index (χ4n) is 2.00. The van der Waals surface area contributed by atoms with Crippen molar-refractivity contribution in [1.82, 2.24) is 5.32 Å². The first kappa shape index (κ1) is 15.2. The molecule has 0 radical (unpaired) electrons. The summed E-state index contributed by atoms with van der Waals surface area (Å²) in [5, 5.41) is 3.67. The van der Waals surface area contributed by atoms with Crippen molar-refractivity contribution < 1.29 is 0 Å². The van der Waals surface area contributed by atoms with Gasteiger partial charge in [-0.1, -0.05) is 51.5 Å². The molecule has 2 atom stereocenters. The zero-order valence-electron chi connectivity index (χ0n) is 13.1. The molecule has 0 aliphatic rings. The van der Waals surface area contributed by atoms with E-state index < -0.39 is 0 Å². The van der Waals surface area contributed by atoms with Crippen LogP contribution in [0.4, 0.5) is 0 Å². The van der Waals surface area contributed by atoms with Gasteiger partial charge in [-0.15, -0.1) is 0 Å². The van der Waals surface area contributed by atoms with E-state index in [9.17, 15) is 0 Å². The fraction of sp³-hybridized carbons (Fsp3) is 0.647. The van der Waals surface area contributed by atoms with Gasteiger partial charge in [0.15, 0.2) is 0 Å². The SMILES string of the molecule is Cc1ccc(C)c(C(C)NCC(C)C(C)(C)C)c1. The molecule has 0 heterocycles. The summed E-state index contributed by atoms with van der Waals surface area (Å²) in [7, 11) is 0. The Bertz CT molecular complexity index is 387. The molecule has 0 spiro atoms. The lowest BCUT2D eigenvalue weighted by atomic mass is 9.82. The second kappa shape index (κ2) is 5.88. The van der Waals surface area contributed by atoms with Crippen LogP contribution in [0.25, 0.3) is 0 Å².